The topological polar surface area (TPSA) is 105 Å². The van der Waals surface area contributed by atoms with Crippen molar-refractivity contribution in [1.29, 1.82) is 0 Å². The Morgan fingerprint density at radius 2 is 0.891 bits per heavy atom. The first-order valence-electron chi connectivity index (χ1n) is 14.6. The molecular formula is C38H34O8. The molecule has 0 aliphatic heterocycles. The van der Waals surface area contributed by atoms with Crippen LogP contribution >= 0.6 is 0 Å². The first-order valence-corrected chi connectivity index (χ1v) is 14.6. The van der Waals surface area contributed by atoms with Gasteiger partial charge < -0.3 is 18.9 Å². The van der Waals surface area contributed by atoms with E-state index in [-0.39, 0.29) is 35.5 Å². The summed E-state index contributed by atoms with van der Waals surface area (Å²) in [6.45, 7) is 11.3. The maximum atomic E-state index is 13.0. The van der Waals surface area contributed by atoms with Gasteiger partial charge in [0.25, 0.3) is 0 Å². The van der Waals surface area contributed by atoms with Gasteiger partial charge in [-0.05, 0) is 66.1 Å². The minimum atomic E-state index is -0.682. The van der Waals surface area contributed by atoms with Crippen molar-refractivity contribution in [3.05, 3.63) is 156 Å². The largest absolute Gasteiger partial charge is 0.458 e. The van der Waals surface area contributed by atoms with Crippen molar-refractivity contribution in [3.63, 3.8) is 0 Å². The zero-order valence-corrected chi connectivity index (χ0v) is 25.7. The molecule has 0 aliphatic rings. The summed E-state index contributed by atoms with van der Waals surface area (Å²) in [5, 5.41) is 0. The second kappa shape index (κ2) is 15.3. The van der Waals surface area contributed by atoms with Crippen molar-refractivity contribution in [1.82, 2.24) is 0 Å². The standard InChI is InChI=1S/C38H34O8/c1-5-24-43-34(39)30-12-8-10-14-32(30)36(41)45-28-20-16-26(17-21-28)38(4,7-3)27-18-22-29(23-19-27)46-37(42)33-15-11-9-13-31(33)35(40)44-25-6-2/h5-6,8-23H,1-2,7,24-25H2,3-4H3. The van der Waals surface area contributed by atoms with Gasteiger partial charge in [-0.1, -0.05) is 87.7 Å². The fourth-order valence-electron chi connectivity index (χ4n) is 4.78. The van der Waals surface area contributed by atoms with Crippen molar-refractivity contribution in [2.24, 2.45) is 0 Å². The first kappa shape index (κ1) is 33.1. The van der Waals surface area contributed by atoms with Crippen molar-refractivity contribution < 1.29 is 38.1 Å². The van der Waals surface area contributed by atoms with Gasteiger partial charge in [-0.2, -0.15) is 0 Å². The summed E-state index contributed by atoms with van der Waals surface area (Å²) in [4.78, 5) is 50.7. The molecule has 0 N–H and O–H groups in total. The maximum Gasteiger partial charge on any atom is 0.344 e. The molecule has 0 fully saturated rings. The lowest BCUT2D eigenvalue weighted by Gasteiger charge is -2.30. The summed E-state index contributed by atoms with van der Waals surface area (Å²) in [6.07, 6.45) is 3.63. The Labute approximate surface area is 267 Å². The van der Waals surface area contributed by atoms with Crippen molar-refractivity contribution in [3.8, 4) is 11.5 Å². The van der Waals surface area contributed by atoms with Crippen LogP contribution in [-0.4, -0.2) is 37.1 Å². The zero-order valence-electron chi connectivity index (χ0n) is 25.7. The molecule has 4 aromatic carbocycles. The highest BCUT2D eigenvalue weighted by molar-refractivity contribution is 6.04. The Morgan fingerprint density at radius 1 is 0.565 bits per heavy atom. The summed E-state index contributed by atoms with van der Waals surface area (Å²) in [7, 11) is 0. The fraction of sp³-hybridized carbons (Fsp3) is 0.158. The smallest absolute Gasteiger partial charge is 0.344 e. The van der Waals surface area contributed by atoms with E-state index in [9.17, 15) is 19.2 Å². The summed E-state index contributed by atoms with van der Waals surface area (Å²) in [5.74, 6) is -2.01. The third kappa shape index (κ3) is 7.65. The van der Waals surface area contributed by atoms with Gasteiger partial charge in [0, 0.05) is 5.41 Å². The molecule has 8 heteroatoms. The lowest BCUT2D eigenvalue weighted by molar-refractivity contribution is 0.0534. The second-order valence-corrected chi connectivity index (χ2v) is 10.4. The summed E-state index contributed by atoms with van der Waals surface area (Å²) < 4.78 is 21.3. The summed E-state index contributed by atoms with van der Waals surface area (Å²) in [6, 6.07) is 26.9. The quantitative estimate of drug-likeness (QED) is 0.0861. The molecule has 0 aromatic heterocycles. The molecular weight excluding hydrogens is 584 g/mol. The number of carbonyl (C=O) groups is 4. The molecule has 46 heavy (non-hydrogen) atoms. The lowest BCUT2D eigenvalue weighted by atomic mass is 9.74. The van der Waals surface area contributed by atoms with E-state index < -0.39 is 29.3 Å². The SMILES string of the molecule is C=CCOC(=O)c1ccccc1C(=O)Oc1ccc(C(C)(CC)c2ccc(OC(=O)c3ccccc3C(=O)OCC=C)cc2)cc1. The second-order valence-electron chi connectivity index (χ2n) is 10.4. The van der Waals surface area contributed by atoms with Crippen molar-refractivity contribution in [2.45, 2.75) is 25.7 Å². The number of hydrogen-bond acceptors (Lipinski definition) is 8. The van der Waals surface area contributed by atoms with Gasteiger partial charge in [-0.25, -0.2) is 19.2 Å². The zero-order chi connectivity index (χ0) is 33.1. The monoisotopic (exact) mass is 618 g/mol. The molecule has 0 bridgehead atoms. The van der Waals surface area contributed by atoms with Crippen molar-refractivity contribution in [2.75, 3.05) is 13.2 Å². The maximum absolute atomic E-state index is 13.0. The highest BCUT2D eigenvalue weighted by atomic mass is 16.5. The molecule has 0 saturated carbocycles. The van der Waals surface area contributed by atoms with Crippen LogP contribution in [0.4, 0.5) is 0 Å². The van der Waals surface area contributed by atoms with Gasteiger partial charge in [-0.15, -0.1) is 0 Å². The highest BCUT2D eigenvalue weighted by Gasteiger charge is 2.28. The Hall–Kier alpha value is -5.76. The Morgan fingerprint density at radius 3 is 1.20 bits per heavy atom. The van der Waals surface area contributed by atoms with E-state index in [0.29, 0.717) is 11.5 Å². The highest BCUT2D eigenvalue weighted by Crippen LogP contribution is 2.37. The van der Waals surface area contributed by atoms with Crippen LogP contribution in [0.25, 0.3) is 0 Å². The van der Waals surface area contributed by atoms with Crippen LogP contribution in [0, 0.1) is 0 Å². The van der Waals surface area contributed by atoms with Crippen LogP contribution in [0.1, 0.15) is 72.8 Å². The van der Waals surface area contributed by atoms with Gasteiger partial charge in [0.2, 0.25) is 0 Å². The van der Waals surface area contributed by atoms with Crippen LogP contribution in [0.15, 0.2) is 122 Å². The normalized spacial score (nSPS) is 10.7. The molecule has 0 spiro atoms. The molecule has 4 aromatic rings. The van der Waals surface area contributed by atoms with E-state index >= 15 is 0 Å². The number of benzene rings is 4. The molecule has 0 unspecified atom stereocenters. The Bertz CT molecular complexity index is 1610. The number of carbonyl (C=O) groups excluding carboxylic acids is 4. The minimum Gasteiger partial charge on any atom is -0.458 e. The van der Waals surface area contributed by atoms with Crippen molar-refractivity contribution >= 4 is 23.9 Å². The minimum absolute atomic E-state index is 0.0248. The van der Waals surface area contributed by atoms with Crippen LogP contribution in [0.2, 0.25) is 0 Å². The van der Waals surface area contributed by atoms with Crippen LogP contribution < -0.4 is 9.47 Å². The third-order valence-corrected chi connectivity index (χ3v) is 7.51. The fourth-order valence-corrected chi connectivity index (χ4v) is 4.78. The van der Waals surface area contributed by atoms with Gasteiger partial charge in [0.05, 0.1) is 22.3 Å². The average molecular weight is 619 g/mol. The molecule has 0 saturated heterocycles. The van der Waals surface area contributed by atoms with E-state index in [1.807, 2.05) is 24.3 Å². The molecule has 8 nitrogen and oxygen atoms in total. The van der Waals surface area contributed by atoms with E-state index in [4.69, 9.17) is 18.9 Å². The summed E-state index contributed by atoms with van der Waals surface area (Å²) in [5.41, 5.74) is 1.92. The Kier molecular flexibility index (Phi) is 11.0. The van der Waals surface area contributed by atoms with Crippen LogP contribution in [0.5, 0.6) is 11.5 Å². The van der Waals surface area contributed by atoms with E-state index in [1.165, 1.54) is 36.4 Å². The lowest BCUT2D eigenvalue weighted by Crippen LogP contribution is -2.22. The summed E-state index contributed by atoms with van der Waals surface area (Å²) >= 11 is 0. The molecule has 0 aliphatic carbocycles. The number of hydrogen-bond donors (Lipinski definition) is 0. The molecule has 0 heterocycles. The molecule has 4 rings (SSSR count). The van der Waals surface area contributed by atoms with Gasteiger partial charge in [-0.3, -0.25) is 0 Å². The molecule has 0 amide bonds. The molecule has 0 radical (unpaired) electrons. The average Bonchev–Trinajstić information content (AvgIpc) is 3.09. The number of esters is 4. The Balaban J connectivity index is 1.47. The molecule has 0 atom stereocenters. The third-order valence-electron chi connectivity index (χ3n) is 7.51. The number of ether oxygens (including phenoxy) is 4. The van der Waals surface area contributed by atoms with E-state index in [2.05, 4.69) is 27.0 Å². The van der Waals surface area contributed by atoms with E-state index in [1.54, 1.807) is 48.5 Å². The van der Waals surface area contributed by atoms with Gasteiger partial charge in [0.15, 0.2) is 0 Å². The van der Waals surface area contributed by atoms with Crippen LogP contribution in [0.3, 0.4) is 0 Å². The van der Waals surface area contributed by atoms with Gasteiger partial charge >= 0.3 is 23.9 Å². The first-order chi connectivity index (χ1) is 22.2. The van der Waals surface area contributed by atoms with Gasteiger partial charge in [0.1, 0.15) is 24.7 Å². The predicted octanol–water partition coefficient (Wildman–Crippen LogP) is 7.53. The van der Waals surface area contributed by atoms with Crippen LogP contribution in [-0.2, 0) is 14.9 Å². The molecule has 234 valence electrons. The van der Waals surface area contributed by atoms with E-state index in [0.717, 1.165) is 17.5 Å². The number of rotatable bonds is 13. The predicted molar refractivity (Wildman–Crippen MR) is 173 cm³/mol.